The van der Waals surface area contributed by atoms with E-state index in [2.05, 4.69) is 25.7 Å². The highest BCUT2D eigenvalue weighted by molar-refractivity contribution is 6.70. The average Bonchev–Trinajstić information content (AvgIpc) is 2.35. The minimum Gasteiger partial charge on any atom is -0.547 e. The molecule has 0 atom stereocenters. The maximum Gasteiger partial charge on any atom is 0.241 e. The lowest BCUT2D eigenvalue weighted by Gasteiger charge is -2.21. The molecule has 1 aromatic carbocycles. The largest absolute Gasteiger partial charge is 0.547 e. The molecule has 0 aliphatic rings. The van der Waals surface area contributed by atoms with Gasteiger partial charge in [0.25, 0.3) is 0 Å². The van der Waals surface area contributed by atoms with Crippen molar-refractivity contribution in [3.8, 4) is 6.07 Å². The molecule has 3 nitrogen and oxygen atoms in total. The molecule has 0 radical (unpaired) electrons. The van der Waals surface area contributed by atoms with Gasteiger partial charge in [0.05, 0.1) is 11.8 Å². The Labute approximate surface area is 115 Å². The number of carbonyl (C=O) groups is 1. The standard InChI is InChI=1S/C15H19NO2Si/c1-19(2,3)18-14(10-7-11-16)12-15(17)13-8-5-4-6-9-13/h4-6,8-9,12H,7,10H2,1-3H3/b14-12-. The molecule has 19 heavy (non-hydrogen) atoms. The van der Waals surface area contributed by atoms with Crippen molar-refractivity contribution >= 4 is 14.1 Å². The van der Waals surface area contributed by atoms with E-state index in [0.717, 1.165) is 0 Å². The average molecular weight is 273 g/mol. The molecule has 0 fully saturated rings. The van der Waals surface area contributed by atoms with Crippen molar-refractivity contribution in [2.24, 2.45) is 0 Å². The van der Waals surface area contributed by atoms with E-state index in [1.54, 1.807) is 12.1 Å². The lowest BCUT2D eigenvalue weighted by molar-refractivity contribution is 0.104. The maximum atomic E-state index is 12.1. The summed E-state index contributed by atoms with van der Waals surface area (Å²) >= 11 is 0. The molecule has 0 N–H and O–H groups in total. The number of nitrogens with zero attached hydrogens (tertiary/aromatic N) is 1. The lowest BCUT2D eigenvalue weighted by atomic mass is 10.1. The van der Waals surface area contributed by atoms with Gasteiger partial charge >= 0.3 is 0 Å². The molecule has 0 unspecified atom stereocenters. The summed E-state index contributed by atoms with van der Waals surface area (Å²) < 4.78 is 5.86. The molecule has 0 amide bonds. The fraction of sp³-hybridized carbons (Fsp3) is 0.333. The number of ketones is 1. The van der Waals surface area contributed by atoms with Crippen molar-refractivity contribution < 1.29 is 9.22 Å². The number of rotatable bonds is 6. The van der Waals surface area contributed by atoms with E-state index in [4.69, 9.17) is 9.69 Å². The zero-order valence-electron chi connectivity index (χ0n) is 11.6. The smallest absolute Gasteiger partial charge is 0.241 e. The molecule has 0 spiro atoms. The summed E-state index contributed by atoms with van der Waals surface area (Å²) in [5, 5.41) is 8.66. The molecule has 0 saturated heterocycles. The number of hydrogen-bond acceptors (Lipinski definition) is 3. The molecule has 1 rings (SSSR count). The van der Waals surface area contributed by atoms with Crippen molar-refractivity contribution in [2.45, 2.75) is 32.5 Å². The Hall–Kier alpha value is -1.86. The SMILES string of the molecule is C[Si](C)(C)O/C(=C\C(=O)c1ccccc1)CCC#N. The van der Waals surface area contributed by atoms with Crippen LogP contribution in [-0.4, -0.2) is 14.1 Å². The molecular formula is C15H19NO2Si. The Balaban J connectivity index is 2.87. The van der Waals surface area contributed by atoms with E-state index >= 15 is 0 Å². The molecule has 0 saturated carbocycles. The Kier molecular flexibility index (Phi) is 5.52. The second kappa shape index (κ2) is 6.91. The van der Waals surface area contributed by atoms with Crippen LogP contribution >= 0.6 is 0 Å². The number of nitriles is 1. The fourth-order valence-corrected chi connectivity index (χ4v) is 2.50. The summed E-state index contributed by atoms with van der Waals surface area (Å²) in [6.45, 7) is 6.17. The van der Waals surface area contributed by atoms with E-state index in [1.807, 2.05) is 18.2 Å². The lowest BCUT2D eigenvalue weighted by Crippen LogP contribution is -2.25. The van der Waals surface area contributed by atoms with Crippen LogP contribution in [0, 0.1) is 11.3 Å². The van der Waals surface area contributed by atoms with Gasteiger partial charge in [-0.25, -0.2) is 0 Å². The first kappa shape index (κ1) is 15.2. The predicted octanol–water partition coefficient (Wildman–Crippen LogP) is 3.91. The Morgan fingerprint density at radius 1 is 1.32 bits per heavy atom. The number of carbonyl (C=O) groups excluding carboxylic acids is 1. The molecule has 0 bridgehead atoms. The summed E-state index contributed by atoms with van der Waals surface area (Å²) in [6.07, 6.45) is 2.36. The van der Waals surface area contributed by atoms with Crippen LogP contribution in [0.2, 0.25) is 19.6 Å². The molecular weight excluding hydrogens is 254 g/mol. The minimum atomic E-state index is -1.77. The zero-order chi connectivity index (χ0) is 14.3. The zero-order valence-corrected chi connectivity index (χ0v) is 12.6. The van der Waals surface area contributed by atoms with E-state index in [1.165, 1.54) is 6.08 Å². The van der Waals surface area contributed by atoms with Gasteiger partial charge in [0.15, 0.2) is 5.78 Å². The Morgan fingerprint density at radius 3 is 2.47 bits per heavy atom. The predicted molar refractivity (Wildman–Crippen MR) is 78.1 cm³/mol. The third kappa shape index (κ3) is 6.02. The number of hydrogen-bond donors (Lipinski definition) is 0. The van der Waals surface area contributed by atoms with Crippen molar-refractivity contribution in [3.63, 3.8) is 0 Å². The van der Waals surface area contributed by atoms with E-state index in [9.17, 15) is 4.79 Å². The van der Waals surface area contributed by atoms with Gasteiger partial charge in [0.1, 0.15) is 0 Å². The molecule has 0 aromatic heterocycles. The van der Waals surface area contributed by atoms with Crippen molar-refractivity contribution in [2.75, 3.05) is 0 Å². The molecule has 1 aromatic rings. The van der Waals surface area contributed by atoms with Gasteiger partial charge in [-0.1, -0.05) is 30.3 Å². The van der Waals surface area contributed by atoms with Crippen LogP contribution in [0.5, 0.6) is 0 Å². The number of benzene rings is 1. The highest BCUT2D eigenvalue weighted by atomic mass is 28.4. The van der Waals surface area contributed by atoms with Gasteiger partial charge in [-0.15, -0.1) is 0 Å². The van der Waals surface area contributed by atoms with Gasteiger partial charge in [0.2, 0.25) is 8.32 Å². The molecule has 0 aliphatic carbocycles. The van der Waals surface area contributed by atoms with Crippen LogP contribution in [-0.2, 0) is 4.43 Å². The normalized spacial score (nSPS) is 11.8. The third-order valence-electron chi connectivity index (χ3n) is 2.27. The topological polar surface area (TPSA) is 50.1 Å². The highest BCUT2D eigenvalue weighted by Crippen LogP contribution is 2.16. The van der Waals surface area contributed by atoms with Crippen molar-refractivity contribution in [1.82, 2.24) is 0 Å². The van der Waals surface area contributed by atoms with Gasteiger partial charge in [0, 0.05) is 24.5 Å². The van der Waals surface area contributed by atoms with Crippen LogP contribution in [0.1, 0.15) is 23.2 Å². The Morgan fingerprint density at radius 2 is 1.95 bits per heavy atom. The van der Waals surface area contributed by atoms with Crippen LogP contribution in [0.3, 0.4) is 0 Å². The summed E-state index contributed by atoms with van der Waals surface area (Å²) in [5.74, 6) is 0.543. The first-order valence-corrected chi connectivity index (χ1v) is 9.69. The summed E-state index contributed by atoms with van der Waals surface area (Å²) in [6, 6.07) is 11.2. The van der Waals surface area contributed by atoms with Crippen LogP contribution in [0.25, 0.3) is 0 Å². The summed E-state index contributed by atoms with van der Waals surface area (Å²) in [7, 11) is -1.77. The van der Waals surface area contributed by atoms with E-state index in [0.29, 0.717) is 24.2 Å². The van der Waals surface area contributed by atoms with E-state index in [-0.39, 0.29) is 5.78 Å². The number of allylic oxidation sites excluding steroid dienone is 2. The van der Waals surface area contributed by atoms with E-state index < -0.39 is 8.32 Å². The molecule has 0 heterocycles. The van der Waals surface area contributed by atoms with Crippen LogP contribution in [0.15, 0.2) is 42.2 Å². The maximum absolute atomic E-state index is 12.1. The highest BCUT2D eigenvalue weighted by Gasteiger charge is 2.18. The first-order chi connectivity index (χ1) is 8.92. The van der Waals surface area contributed by atoms with Crippen LogP contribution in [0.4, 0.5) is 0 Å². The molecule has 100 valence electrons. The second-order valence-corrected chi connectivity index (χ2v) is 9.64. The second-order valence-electron chi connectivity index (χ2n) is 5.21. The minimum absolute atomic E-state index is 0.0770. The van der Waals surface area contributed by atoms with Crippen LogP contribution < -0.4 is 0 Å². The van der Waals surface area contributed by atoms with Gasteiger partial charge in [-0.05, 0) is 19.6 Å². The van der Waals surface area contributed by atoms with Gasteiger partial charge in [-0.3, -0.25) is 4.79 Å². The summed E-state index contributed by atoms with van der Waals surface area (Å²) in [5.41, 5.74) is 0.635. The molecule has 0 aliphatic heterocycles. The van der Waals surface area contributed by atoms with Gasteiger partial charge < -0.3 is 4.43 Å². The fourth-order valence-electron chi connectivity index (χ4n) is 1.56. The molecule has 4 heteroatoms. The summed E-state index contributed by atoms with van der Waals surface area (Å²) in [4.78, 5) is 12.1. The third-order valence-corrected chi connectivity index (χ3v) is 3.15. The van der Waals surface area contributed by atoms with Gasteiger partial charge in [-0.2, -0.15) is 5.26 Å². The quantitative estimate of drug-likeness (QED) is 0.342. The van der Waals surface area contributed by atoms with Crippen molar-refractivity contribution in [1.29, 1.82) is 5.26 Å². The monoisotopic (exact) mass is 273 g/mol. The Bertz CT molecular complexity index is 495. The first-order valence-electron chi connectivity index (χ1n) is 6.28. The van der Waals surface area contributed by atoms with Crippen molar-refractivity contribution in [3.05, 3.63) is 47.7 Å².